The Labute approximate surface area is 113 Å². The van der Waals surface area contributed by atoms with Gasteiger partial charge in [-0.05, 0) is 24.3 Å². The number of fused-ring (bicyclic) bond motifs is 1. The largest absolute Gasteiger partial charge is 0.497 e. The summed E-state index contributed by atoms with van der Waals surface area (Å²) >= 11 is 0. The molecule has 0 saturated heterocycles. The average Bonchev–Trinajstić information content (AvgIpc) is 2.91. The SMILES string of the molecule is COc1cc(OC)c2c(C3CCCCC3)c[nH]c2c1. The van der Waals surface area contributed by atoms with E-state index in [1.54, 1.807) is 14.2 Å². The third kappa shape index (κ3) is 2.18. The molecular weight excluding hydrogens is 238 g/mol. The Morgan fingerprint density at radius 3 is 2.53 bits per heavy atom. The lowest BCUT2D eigenvalue weighted by Gasteiger charge is -2.21. The maximum absolute atomic E-state index is 5.56. The van der Waals surface area contributed by atoms with Crippen molar-refractivity contribution in [3.05, 3.63) is 23.9 Å². The first-order valence-electron chi connectivity index (χ1n) is 7.06. The van der Waals surface area contributed by atoms with Gasteiger partial charge in [-0.1, -0.05) is 19.3 Å². The highest BCUT2D eigenvalue weighted by atomic mass is 16.5. The Hall–Kier alpha value is -1.64. The third-order valence-corrected chi connectivity index (χ3v) is 4.25. The molecule has 1 heterocycles. The first kappa shape index (κ1) is 12.4. The van der Waals surface area contributed by atoms with Crippen molar-refractivity contribution in [3.63, 3.8) is 0 Å². The van der Waals surface area contributed by atoms with Gasteiger partial charge >= 0.3 is 0 Å². The fourth-order valence-corrected chi connectivity index (χ4v) is 3.24. The zero-order valence-electron chi connectivity index (χ0n) is 11.7. The quantitative estimate of drug-likeness (QED) is 0.895. The summed E-state index contributed by atoms with van der Waals surface area (Å²) < 4.78 is 10.9. The molecule has 3 heteroatoms. The van der Waals surface area contributed by atoms with Gasteiger partial charge in [0.1, 0.15) is 11.5 Å². The number of ether oxygens (including phenoxy) is 2. The Morgan fingerprint density at radius 2 is 1.84 bits per heavy atom. The van der Waals surface area contributed by atoms with Crippen LogP contribution in [0, 0.1) is 0 Å². The summed E-state index contributed by atoms with van der Waals surface area (Å²) in [6.45, 7) is 0. The highest BCUT2D eigenvalue weighted by Gasteiger charge is 2.21. The Morgan fingerprint density at radius 1 is 1.05 bits per heavy atom. The van der Waals surface area contributed by atoms with Crippen molar-refractivity contribution in [1.29, 1.82) is 0 Å². The number of hydrogen-bond donors (Lipinski definition) is 1. The Bertz CT molecular complexity index is 567. The molecule has 1 aliphatic rings. The Kier molecular flexibility index (Phi) is 3.36. The van der Waals surface area contributed by atoms with Crippen molar-refractivity contribution in [1.82, 2.24) is 4.98 Å². The van der Waals surface area contributed by atoms with Gasteiger partial charge in [0, 0.05) is 23.7 Å². The van der Waals surface area contributed by atoms with Gasteiger partial charge in [0.05, 0.1) is 19.7 Å². The zero-order valence-corrected chi connectivity index (χ0v) is 11.7. The summed E-state index contributed by atoms with van der Waals surface area (Å²) in [4.78, 5) is 3.37. The minimum atomic E-state index is 0.671. The summed E-state index contributed by atoms with van der Waals surface area (Å²) in [6, 6.07) is 4.02. The molecule has 0 spiro atoms. The molecule has 0 bridgehead atoms. The van der Waals surface area contributed by atoms with Crippen molar-refractivity contribution in [3.8, 4) is 11.5 Å². The van der Waals surface area contributed by atoms with Crippen LogP contribution in [0.1, 0.15) is 43.6 Å². The van der Waals surface area contributed by atoms with E-state index in [0.717, 1.165) is 17.0 Å². The molecule has 19 heavy (non-hydrogen) atoms. The van der Waals surface area contributed by atoms with Crippen LogP contribution >= 0.6 is 0 Å². The molecule has 1 aromatic carbocycles. The van der Waals surface area contributed by atoms with E-state index in [1.165, 1.54) is 43.1 Å². The summed E-state index contributed by atoms with van der Waals surface area (Å²) in [6.07, 6.45) is 8.81. The maximum atomic E-state index is 5.56. The topological polar surface area (TPSA) is 34.2 Å². The number of aromatic amines is 1. The summed E-state index contributed by atoms with van der Waals surface area (Å²) in [5.74, 6) is 2.42. The molecule has 0 radical (unpaired) electrons. The van der Waals surface area contributed by atoms with E-state index in [4.69, 9.17) is 9.47 Å². The van der Waals surface area contributed by atoms with Crippen LogP contribution in [0.15, 0.2) is 18.3 Å². The Balaban J connectivity index is 2.10. The number of aromatic nitrogens is 1. The minimum Gasteiger partial charge on any atom is -0.497 e. The summed E-state index contributed by atoms with van der Waals surface area (Å²) in [5, 5.41) is 1.23. The van der Waals surface area contributed by atoms with Crippen LogP contribution in [0.3, 0.4) is 0 Å². The number of hydrogen-bond acceptors (Lipinski definition) is 2. The lowest BCUT2D eigenvalue weighted by molar-refractivity contribution is 0.397. The van der Waals surface area contributed by atoms with E-state index >= 15 is 0 Å². The predicted octanol–water partition coefficient (Wildman–Crippen LogP) is 4.23. The van der Waals surface area contributed by atoms with Crippen LogP contribution in [-0.4, -0.2) is 19.2 Å². The zero-order chi connectivity index (χ0) is 13.2. The summed E-state index contributed by atoms with van der Waals surface area (Å²) in [5.41, 5.74) is 2.52. The van der Waals surface area contributed by atoms with E-state index < -0.39 is 0 Å². The molecule has 1 saturated carbocycles. The molecule has 1 aromatic heterocycles. The normalized spacial score (nSPS) is 16.7. The average molecular weight is 259 g/mol. The number of benzene rings is 1. The molecule has 1 fully saturated rings. The van der Waals surface area contributed by atoms with Gasteiger partial charge in [0.25, 0.3) is 0 Å². The van der Waals surface area contributed by atoms with Crippen LogP contribution in [-0.2, 0) is 0 Å². The van der Waals surface area contributed by atoms with Gasteiger partial charge in [-0.2, -0.15) is 0 Å². The fourth-order valence-electron chi connectivity index (χ4n) is 3.24. The van der Waals surface area contributed by atoms with Gasteiger partial charge < -0.3 is 14.5 Å². The molecule has 3 nitrogen and oxygen atoms in total. The molecule has 0 amide bonds. The monoisotopic (exact) mass is 259 g/mol. The van der Waals surface area contributed by atoms with E-state index in [1.807, 2.05) is 12.1 Å². The van der Waals surface area contributed by atoms with E-state index in [9.17, 15) is 0 Å². The van der Waals surface area contributed by atoms with Crippen LogP contribution in [0.25, 0.3) is 10.9 Å². The molecule has 0 aliphatic heterocycles. The van der Waals surface area contributed by atoms with Gasteiger partial charge in [-0.3, -0.25) is 0 Å². The fraction of sp³-hybridized carbons (Fsp3) is 0.500. The third-order valence-electron chi connectivity index (χ3n) is 4.25. The van der Waals surface area contributed by atoms with Crippen molar-refractivity contribution in [2.24, 2.45) is 0 Å². The van der Waals surface area contributed by atoms with Crippen molar-refractivity contribution in [2.45, 2.75) is 38.0 Å². The van der Waals surface area contributed by atoms with Crippen molar-refractivity contribution < 1.29 is 9.47 Å². The van der Waals surface area contributed by atoms with E-state index in [0.29, 0.717) is 5.92 Å². The van der Waals surface area contributed by atoms with Gasteiger partial charge in [-0.25, -0.2) is 0 Å². The smallest absolute Gasteiger partial charge is 0.132 e. The highest BCUT2D eigenvalue weighted by molar-refractivity contribution is 5.91. The lowest BCUT2D eigenvalue weighted by atomic mass is 9.84. The number of rotatable bonds is 3. The van der Waals surface area contributed by atoms with Crippen LogP contribution < -0.4 is 9.47 Å². The molecule has 0 atom stereocenters. The van der Waals surface area contributed by atoms with Crippen LogP contribution in [0.4, 0.5) is 0 Å². The van der Waals surface area contributed by atoms with E-state index in [-0.39, 0.29) is 0 Å². The molecule has 1 N–H and O–H groups in total. The van der Waals surface area contributed by atoms with Crippen LogP contribution in [0.5, 0.6) is 11.5 Å². The second-order valence-electron chi connectivity index (χ2n) is 5.33. The predicted molar refractivity (Wildman–Crippen MR) is 77.2 cm³/mol. The number of nitrogens with one attached hydrogen (secondary N) is 1. The highest BCUT2D eigenvalue weighted by Crippen LogP contribution is 2.41. The number of methoxy groups -OCH3 is 2. The first-order valence-corrected chi connectivity index (χ1v) is 7.06. The lowest BCUT2D eigenvalue weighted by Crippen LogP contribution is -2.04. The molecule has 3 rings (SSSR count). The second-order valence-corrected chi connectivity index (χ2v) is 5.33. The standard InChI is InChI=1S/C16H21NO2/c1-18-12-8-14-16(15(9-12)19-2)13(10-17-14)11-6-4-3-5-7-11/h8-11,17H,3-7H2,1-2H3. The molecular formula is C16H21NO2. The first-order chi connectivity index (χ1) is 9.33. The van der Waals surface area contributed by atoms with Gasteiger partial charge in [-0.15, -0.1) is 0 Å². The van der Waals surface area contributed by atoms with Gasteiger partial charge in [0.2, 0.25) is 0 Å². The van der Waals surface area contributed by atoms with Crippen molar-refractivity contribution in [2.75, 3.05) is 14.2 Å². The molecule has 102 valence electrons. The summed E-state index contributed by atoms with van der Waals surface area (Å²) in [7, 11) is 3.41. The molecule has 0 unspecified atom stereocenters. The van der Waals surface area contributed by atoms with Crippen LogP contribution in [0.2, 0.25) is 0 Å². The number of H-pyrrole nitrogens is 1. The minimum absolute atomic E-state index is 0.671. The maximum Gasteiger partial charge on any atom is 0.132 e. The van der Waals surface area contributed by atoms with Gasteiger partial charge in [0.15, 0.2) is 0 Å². The van der Waals surface area contributed by atoms with E-state index in [2.05, 4.69) is 11.2 Å². The van der Waals surface area contributed by atoms with Crippen molar-refractivity contribution >= 4 is 10.9 Å². The molecule has 2 aromatic rings. The molecule has 1 aliphatic carbocycles. The second kappa shape index (κ2) is 5.16.